The van der Waals surface area contributed by atoms with Gasteiger partial charge in [-0.25, -0.2) is 9.59 Å². The first-order valence-corrected chi connectivity index (χ1v) is 11.5. The molecule has 3 rings (SSSR count). The maximum atomic E-state index is 12.4. The Balaban J connectivity index is 2.03. The Morgan fingerprint density at radius 3 is 2.44 bits per heavy atom. The molecular weight excluding hydrogens is 430 g/mol. The van der Waals surface area contributed by atoms with E-state index in [0.29, 0.717) is 17.7 Å². The lowest BCUT2D eigenvalue weighted by molar-refractivity contribution is -0.149. The molecule has 6 heteroatoms. The minimum Gasteiger partial charge on any atom is -0.496 e. The van der Waals surface area contributed by atoms with Gasteiger partial charge in [-0.15, -0.1) is 0 Å². The average molecular weight is 464 g/mol. The van der Waals surface area contributed by atoms with Crippen LogP contribution in [0.1, 0.15) is 68.1 Å². The molecule has 0 fully saturated rings. The van der Waals surface area contributed by atoms with E-state index >= 15 is 0 Å². The van der Waals surface area contributed by atoms with Crippen molar-refractivity contribution in [3.05, 3.63) is 70.4 Å². The van der Waals surface area contributed by atoms with E-state index in [1.54, 1.807) is 26.2 Å². The molecule has 2 aromatic carbocycles. The molecule has 6 nitrogen and oxygen atoms in total. The van der Waals surface area contributed by atoms with Gasteiger partial charge in [0.1, 0.15) is 11.4 Å². The minimum atomic E-state index is -0.985. The number of fused-ring (bicyclic) bond motifs is 1. The van der Waals surface area contributed by atoms with E-state index in [2.05, 4.69) is 29.8 Å². The maximum Gasteiger partial charge on any atom is 0.335 e. The summed E-state index contributed by atoms with van der Waals surface area (Å²) < 4.78 is 13.2. The Kier molecular flexibility index (Phi) is 7.50. The highest BCUT2D eigenvalue weighted by Gasteiger charge is 2.18. The van der Waals surface area contributed by atoms with Gasteiger partial charge in [0.25, 0.3) is 0 Å². The van der Waals surface area contributed by atoms with Crippen molar-refractivity contribution in [2.24, 2.45) is 0 Å². The highest BCUT2D eigenvalue weighted by atomic mass is 16.6. The number of carbonyl (C=O) groups is 2. The monoisotopic (exact) mass is 463 g/mol. The van der Waals surface area contributed by atoms with Gasteiger partial charge in [-0.3, -0.25) is 0 Å². The zero-order valence-corrected chi connectivity index (χ0v) is 20.8. The molecule has 3 aromatic rings. The van der Waals surface area contributed by atoms with Gasteiger partial charge in [0.05, 0.1) is 12.7 Å². The Labute approximate surface area is 200 Å². The molecule has 180 valence electrons. The predicted molar refractivity (Wildman–Crippen MR) is 134 cm³/mol. The molecule has 0 aliphatic rings. The highest BCUT2D eigenvalue weighted by molar-refractivity contribution is 5.94. The number of hydrogen-bond acceptors (Lipinski definition) is 4. The van der Waals surface area contributed by atoms with E-state index < -0.39 is 11.6 Å². The van der Waals surface area contributed by atoms with E-state index in [4.69, 9.17) is 9.47 Å². The van der Waals surface area contributed by atoms with Crippen LogP contribution in [0.5, 0.6) is 5.75 Å². The third kappa shape index (κ3) is 5.87. The first-order valence-electron chi connectivity index (χ1n) is 11.5. The number of hydrogen-bond donors (Lipinski definition) is 1. The number of ether oxygens (including phenoxy) is 2. The second-order valence-electron chi connectivity index (χ2n) is 9.46. The zero-order valence-electron chi connectivity index (χ0n) is 20.8. The number of aryl methyl sites for hydroxylation is 1. The predicted octanol–water partition coefficient (Wildman–Crippen LogP) is 6.09. The number of carboxylic acid groups (broad SMARTS) is 1. The number of carboxylic acids is 1. The number of esters is 1. The molecule has 0 aliphatic heterocycles. The number of methoxy groups -OCH3 is 1. The fourth-order valence-corrected chi connectivity index (χ4v) is 3.94. The minimum absolute atomic E-state index is 0.194. The van der Waals surface area contributed by atoms with Crippen molar-refractivity contribution in [2.75, 3.05) is 7.11 Å². The standard InChI is InChI=1S/C28H33NO5/c1-7-12-29-17-22(15-20-9-10-21(26(30)31)16-25(20)33-6)23-14-19(8-11-24(23)29)13-18(2)27(32)34-28(3,4)5/h8-11,13-14,16-17H,7,12,15H2,1-6H3,(H,30,31)/b18-13+. The van der Waals surface area contributed by atoms with E-state index in [-0.39, 0.29) is 11.5 Å². The molecule has 0 aliphatic carbocycles. The van der Waals surface area contributed by atoms with Crippen LogP contribution in [0.3, 0.4) is 0 Å². The molecule has 0 bridgehead atoms. The van der Waals surface area contributed by atoms with Gasteiger partial charge < -0.3 is 19.1 Å². The third-order valence-corrected chi connectivity index (χ3v) is 5.47. The van der Waals surface area contributed by atoms with Gasteiger partial charge in [-0.2, -0.15) is 0 Å². The Morgan fingerprint density at radius 2 is 1.82 bits per heavy atom. The Morgan fingerprint density at radius 1 is 1.09 bits per heavy atom. The maximum absolute atomic E-state index is 12.4. The lowest BCUT2D eigenvalue weighted by Crippen LogP contribution is -2.24. The molecule has 0 atom stereocenters. The summed E-state index contributed by atoms with van der Waals surface area (Å²) >= 11 is 0. The van der Waals surface area contributed by atoms with Crippen LogP contribution in [0.15, 0.2) is 48.2 Å². The van der Waals surface area contributed by atoms with Crippen LogP contribution in [-0.2, 0) is 22.5 Å². The number of carbonyl (C=O) groups excluding carboxylic acids is 1. The molecule has 0 unspecified atom stereocenters. The fourth-order valence-electron chi connectivity index (χ4n) is 3.94. The van der Waals surface area contributed by atoms with Crippen LogP contribution in [0.25, 0.3) is 17.0 Å². The van der Waals surface area contributed by atoms with Crippen molar-refractivity contribution in [3.63, 3.8) is 0 Å². The largest absolute Gasteiger partial charge is 0.496 e. The van der Waals surface area contributed by atoms with E-state index in [9.17, 15) is 14.7 Å². The summed E-state index contributed by atoms with van der Waals surface area (Å²) in [4.78, 5) is 23.8. The van der Waals surface area contributed by atoms with Gasteiger partial charge in [0.2, 0.25) is 0 Å². The normalized spacial score (nSPS) is 12.1. The van der Waals surface area contributed by atoms with Crippen LogP contribution in [0.4, 0.5) is 0 Å². The highest BCUT2D eigenvalue weighted by Crippen LogP contribution is 2.30. The molecule has 1 heterocycles. The van der Waals surface area contributed by atoms with E-state index in [1.807, 2.05) is 39.0 Å². The molecule has 34 heavy (non-hydrogen) atoms. The van der Waals surface area contributed by atoms with Gasteiger partial charge >= 0.3 is 11.9 Å². The number of benzene rings is 2. The van der Waals surface area contributed by atoms with E-state index in [0.717, 1.165) is 40.6 Å². The number of rotatable bonds is 8. The van der Waals surface area contributed by atoms with Crippen LogP contribution in [0, 0.1) is 0 Å². The van der Waals surface area contributed by atoms with Crippen molar-refractivity contribution >= 4 is 28.9 Å². The molecule has 0 spiro atoms. The van der Waals surface area contributed by atoms with Crippen LogP contribution >= 0.6 is 0 Å². The summed E-state index contributed by atoms with van der Waals surface area (Å²) in [6.45, 7) is 10.3. The first kappa shape index (κ1) is 25.1. The van der Waals surface area contributed by atoms with Crippen LogP contribution in [0.2, 0.25) is 0 Å². The Bertz CT molecular complexity index is 1240. The number of nitrogens with zero attached hydrogens (tertiary/aromatic N) is 1. The molecule has 1 N–H and O–H groups in total. The number of aromatic carboxylic acids is 1. The summed E-state index contributed by atoms with van der Waals surface area (Å²) in [5.41, 5.74) is 4.23. The molecule has 0 saturated carbocycles. The van der Waals surface area contributed by atoms with Crippen LogP contribution < -0.4 is 4.74 Å². The quantitative estimate of drug-likeness (QED) is 0.323. The van der Waals surface area contributed by atoms with Crippen molar-refractivity contribution in [2.45, 2.75) is 59.6 Å². The second-order valence-corrected chi connectivity index (χ2v) is 9.46. The second kappa shape index (κ2) is 10.2. The number of aromatic nitrogens is 1. The van der Waals surface area contributed by atoms with Gasteiger partial charge in [-0.1, -0.05) is 19.1 Å². The van der Waals surface area contributed by atoms with Crippen molar-refractivity contribution in [3.8, 4) is 5.75 Å². The van der Waals surface area contributed by atoms with Crippen LogP contribution in [-0.4, -0.2) is 34.3 Å². The first-order chi connectivity index (χ1) is 16.0. The van der Waals surface area contributed by atoms with Gasteiger partial charge in [-0.05, 0) is 81.1 Å². The lowest BCUT2D eigenvalue weighted by atomic mass is 10.0. The Hall–Kier alpha value is -3.54. The average Bonchev–Trinajstić information content (AvgIpc) is 3.09. The zero-order chi connectivity index (χ0) is 25.0. The van der Waals surface area contributed by atoms with Crippen molar-refractivity contribution < 1.29 is 24.2 Å². The summed E-state index contributed by atoms with van der Waals surface area (Å²) in [5.74, 6) is -0.770. The lowest BCUT2D eigenvalue weighted by Gasteiger charge is -2.19. The SMILES string of the molecule is CCCn1cc(Cc2ccc(C(=O)O)cc2OC)c2cc(/C=C(\C)C(=O)OC(C)(C)C)ccc21. The summed E-state index contributed by atoms with van der Waals surface area (Å²) in [7, 11) is 1.55. The third-order valence-electron chi connectivity index (χ3n) is 5.47. The molecule has 0 radical (unpaired) electrons. The van der Waals surface area contributed by atoms with Crippen molar-refractivity contribution in [1.82, 2.24) is 4.57 Å². The van der Waals surface area contributed by atoms with E-state index in [1.165, 1.54) is 0 Å². The van der Waals surface area contributed by atoms with Crippen molar-refractivity contribution in [1.29, 1.82) is 0 Å². The summed E-state index contributed by atoms with van der Waals surface area (Å²) in [5, 5.41) is 10.4. The van der Waals surface area contributed by atoms with Gasteiger partial charge in [0.15, 0.2) is 0 Å². The topological polar surface area (TPSA) is 77.8 Å². The molecule has 1 aromatic heterocycles. The fraction of sp³-hybridized carbons (Fsp3) is 0.357. The summed E-state index contributed by atoms with van der Waals surface area (Å²) in [6, 6.07) is 11.1. The smallest absolute Gasteiger partial charge is 0.335 e. The summed E-state index contributed by atoms with van der Waals surface area (Å²) in [6.07, 6.45) is 5.58. The molecule has 0 saturated heterocycles. The van der Waals surface area contributed by atoms with Gasteiger partial charge in [0, 0.05) is 35.6 Å². The molecular formula is C28H33NO5. The molecule has 0 amide bonds.